The Morgan fingerprint density at radius 1 is 1.00 bits per heavy atom. The lowest BCUT2D eigenvalue weighted by Crippen LogP contribution is -2.49. The second kappa shape index (κ2) is 8.80. The molecule has 4 rings (SSSR count). The van der Waals surface area contributed by atoms with Gasteiger partial charge in [0.2, 0.25) is 0 Å². The van der Waals surface area contributed by atoms with Crippen molar-refractivity contribution >= 4 is 17.2 Å². The number of rotatable bonds is 5. The van der Waals surface area contributed by atoms with Crippen LogP contribution >= 0.6 is 11.3 Å². The zero-order valence-electron chi connectivity index (χ0n) is 15.9. The smallest absolute Gasteiger partial charge is 0.273 e. The average molecular weight is 413 g/mol. The van der Waals surface area contributed by atoms with Crippen molar-refractivity contribution in [1.29, 1.82) is 0 Å². The zero-order chi connectivity index (χ0) is 20.2. The molecule has 150 valence electrons. The Labute approximate surface area is 172 Å². The van der Waals surface area contributed by atoms with Crippen LogP contribution in [-0.2, 0) is 6.42 Å². The second-order valence-corrected chi connectivity index (χ2v) is 7.89. The van der Waals surface area contributed by atoms with Gasteiger partial charge in [0.15, 0.2) is 11.6 Å². The molecule has 1 aliphatic rings. The van der Waals surface area contributed by atoms with Gasteiger partial charge in [0.1, 0.15) is 10.7 Å². The van der Waals surface area contributed by atoms with Gasteiger partial charge in [-0.3, -0.25) is 9.69 Å². The summed E-state index contributed by atoms with van der Waals surface area (Å²) in [7, 11) is 0. The van der Waals surface area contributed by atoms with Crippen LogP contribution in [0.2, 0.25) is 0 Å². The molecular weight excluding hydrogens is 392 g/mol. The van der Waals surface area contributed by atoms with E-state index in [0.717, 1.165) is 38.2 Å². The minimum Gasteiger partial charge on any atom is -0.335 e. The number of amides is 1. The van der Waals surface area contributed by atoms with Gasteiger partial charge in [0.25, 0.3) is 5.91 Å². The quantitative estimate of drug-likeness (QED) is 0.632. The van der Waals surface area contributed by atoms with Gasteiger partial charge in [-0.05, 0) is 30.2 Å². The standard InChI is InChI=1S/C22H21F2N3OS/c23-18-7-6-17(14-19(18)24)21-25-20(15-29-21)22(28)27-12-10-26(11-13-27)9-8-16-4-2-1-3-5-16/h1-7,14-15H,8-13H2. The monoisotopic (exact) mass is 413 g/mol. The maximum atomic E-state index is 13.5. The van der Waals surface area contributed by atoms with Crippen molar-refractivity contribution in [2.24, 2.45) is 0 Å². The number of aromatic nitrogens is 1. The Balaban J connectivity index is 1.33. The molecule has 29 heavy (non-hydrogen) atoms. The third kappa shape index (κ3) is 4.68. The van der Waals surface area contributed by atoms with Gasteiger partial charge in [0, 0.05) is 43.7 Å². The summed E-state index contributed by atoms with van der Waals surface area (Å²) in [4.78, 5) is 21.3. The maximum absolute atomic E-state index is 13.5. The zero-order valence-corrected chi connectivity index (χ0v) is 16.7. The van der Waals surface area contributed by atoms with Crippen LogP contribution in [-0.4, -0.2) is 53.4 Å². The SMILES string of the molecule is O=C(c1csc(-c2ccc(F)c(F)c2)n1)N1CCN(CCc2ccccc2)CC1. The first-order valence-corrected chi connectivity index (χ1v) is 10.4. The Morgan fingerprint density at radius 2 is 1.76 bits per heavy atom. The number of nitrogens with zero attached hydrogens (tertiary/aromatic N) is 3. The maximum Gasteiger partial charge on any atom is 0.273 e. The Hall–Kier alpha value is -2.64. The molecule has 1 aliphatic heterocycles. The van der Waals surface area contributed by atoms with Crippen molar-refractivity contribution in [3.05, 3.63) is 76.8 Å². The molecule has 7 heteroatoms. The van der Waals surface area contributed by atoms with Crippen molar-refractivity contribution in [1.82, 2.24) is 14.8 Å². The second-order valence-electron chi connectivity index (χ2n) is 7.04. The van der Waals surface area contributed by atoms with E-state index >= 15 is 0 Å². The van der Waals surface area contributed by atoms with E-state index in [0.29, 0.717) is 29.4 Å². The highest BCUT2D eigenvalue weighted by Crippen LogP contribution is 2.26. The van der Waals surface area contributed by atoms with E-state index in [1.54, 1.807) is 5.38 Å². The van der Waals surface area contributed by atoms with E-state index in [4.69, 9.17) is 0 Å². The van der Waals surface area contributed by atoms with Gasteiger partial charge in [-0.1, -0.05) is 30.3 Å². The highest BCUT2D eigenvalue weighted by atomic mass is 32.1. The minimum atomic E-state index is -0.919. The van der Waals surface area contributed by atoms with Crippen LogP contribution in [0.3, 0.4) is 0 Å². The normalized spacial score (nSPS) is 14.9. The van der Waals surface area contributed by atoms with Crippen molar-refractivity contribution in [3.8, 4) is 10.6 Å². The summed E-state index contributed by atoms with van der Waals surface area (Å²) in [5.41, 5.74) is 2.14. The molecule has 0 spiro atoms. The summed E-state index contributed by atoms with van der Waals surface area (Å²) in [6.07, 6.45) is 0.998. The van der Waals surface area contributed by atoms with Crippen molar-refractivity contribution in [2.75, 3.05) is 32.7 Å². The lowest BCUT2D eigenvalue weighted by molar-refractivity contribution is 0.0633. The molecule has 0 bridgehead atoms. The van der Waals surface area contributed by atoms with Crippen LogP contribution in [0, 0.1) is 11.6 Å². The van der Waals surface area contributed by atoms with Gasteiger partial charge in [0.05, 0.1) is 0 Å². The van der Waals surface area contributed by atoms with E-state index in [1.807, 2.05) is 23.1 Å². The molecule has 0 aliphatic carbocycles. The van der Waals surface area contributed by atoms with E-state index in [9.17, 15) is 13.6 Å². The van der Waals surface area contributed by atoms with Gasteiger partial charge in [-0.2, -0.15) is 0 Å². The molecule has 2 aromatic carbocycles. The highest BCUT2D eigenvalue weighted by Gasteiger charge is 2.24. The Bertz CT molecular complexity index is 985. The fourth-order valence-electron chi connectivity index (χ4n) is 3.40. The molecule has 1 amide bonds. The fourth-order valence-corrected chi connectivity index (χ4v) is 4.19. The average Bonchev–Trinajstić information content (AvgIpc) is 3.25. The molecule has 0 unspecified atom stereocenters. The first kappa shape index (κ1) is 19.7. The molecular formula is C22H21F2N3OS. The van der Waals surface area contributed by atoms with Crippen LogP contribution in [0.5, 0.6) is 0 Å². The highest BCUT2D eigenvalue weighted by molar-refractivity contribution is 7.13. The predicted molar refractivity (Wildman–Crippen MR) is 110 cm³/mol. The van der Waals surface area contributed by atoms with Crippen molar-refractivity contribution in [2.45, 2.75) is 6.42 Å². The number of piperazine rings is 1. The predicted octanol–water partition coefficient (Wildman–Crippen LogP) is 4.09. The van der Waals surface area contributed by atoms with E-state index < -0.39 is 11.6 Å². The fraction of sp³-hybridized carbons (Fsp3) is 0.273. The topological polar surface area (TPSA) is 36.4 Å². The number of hydrogen-bond donors (Lipinski definition) is 0. The summed E-state index contributed by atoms with van der Waals surface area (Å²) in [5, 5.41) is 2.19. The first-order chi connectivity index (χ1) is 14.1. The molecule has 4 nitrogen and oxygen atoms in total. The number of thiazole rings is 1. The third-order valence-corrected chi connectivity index (χ3v) is 6.00. The van der Waals surface area contributed by atoms with Crippen LogP contribution in [0.4, 0.5) is 8.78 Å². The van der Waals surface area contributed by atoms with Crippen LogP contribution in [0.15, 0.2) is 53.9 Å². The molecule has 0 N–H and O–H groups in total. The molecule has 2 heterocycles. The summed E-state index contributed by atoms with van der Waals surface area (Å²) < 4.78 is 26.6. The van der Waals surface area contributed by atoms with Crippen molar-refractivity contribution < 1.29 is 13.6 Å². The molecule has 0 radical (unpaired) electrons. The van der Waals surface area contributed by atoms with E-state index in [-0.39, 0.29) is 5.91 Å². The van der Waals surface area contributed by atoms with Gasteiger partial charge in [-0.25, -0.2) is 13.8 Å². The Morgan fingerprint density at radius 3 is 2.48 bits per heavy atom. The van der Waals surface area contributed by atoms with Crippen LogP contribution < -0.4 is 0 Å². The van der Waals surface area contributed by atoms with E-state index in [1.165, 1.54) is 23.0 Å². The van der Waals surface area contributed by atoms with Gasteiger partial charge >= 0.3 is 0 Å². The molecule has 0 saturated carbocycles. The number of carbonyl (C=O) groups excluding carboxylic acids is 1. The van der Waals surface area contributed by atoms with Gasteiger partial charge in [-0.15, -0.1) is 11.3 Å². The number of benzene rings is 2. The largest absolute Gasteiger partial charge is 0.335 e. The Kier molecular flexibility index (Phi) is 5.97. The number of hydrogen-bond acceptors (Lipinski definition) is 4. The molecule has 1 aromatic heterocycles. The van der Waals surface area contributed by atoms with E-state index in [2.05, 4.69) is 22.0 Å². The first-order valence-electron chi connectivity index (χ1n) is 9.56. The number of carbonyl (C=O) groups is 1. The summed E-state index contributed by atoms with van der Waals surface area (Å²) in [6, 6.07) is 14.0. The van der Waals surface area contributed by atoms with Crippen LogP contribution in [0.25, 0.3) is 10.6 Å². The molecule has 1 saturated heterocycles. The van der Waals surface area contributed by atoms with Gasteiger partial charge < -0.3 is 4.90 Å². The summed E-state index contributed by atoms with van der Waals surface area (Å²) in [6.45, 7) is 3.96. The van der Waals surface area contributed by atoms with Crippen molar-refractivity contribution in [3.63, 3.8) is 0 Å². The molecule has 1 fully saturated rings. The third-order valence-electron chi connectivity index (χ3n) is 5.11. The lowest BCUT2D eigenvalue weighted by Gasteiger charge is -2.34. The summed E-state index contributed by atoms with van der Waals surface area (Å²) >= 11 is 1.26. The summed E-state index contributed by atoms with van der Waals surface area (Å²) in [5.74, 6) is -1.93. The number of halogens is 2. The minimum absolute atomic E-state index is 0.113. The van der Waals surface area contributed by atoms with Crippen LogP contribution in [0.1, 0.15) is 16.1 Å². The molecule has 0 atom stereocenters. The molecule has 3 aromatic rings. The lowest BCUT2D eigenvalue weighted by atomic mass is 10.1.